The van der Waals surface area contributed by atoms with Gasteiger partial charge in [-0.25, -0.2) is 9.97 Å². The van der Waals surface area contributed by atoms with E-state index in [0.717, 1.165) is 47.5 Å². The van der Waals surface area contributed by atoms with Crippen LogP contribution in [0.2, 0.25) is 0 Å². The van der Waals surface area contributed by atoms with Gasteiger partial charge >= 0.3 is 0 Å². The van der Waals surface area contributed by atoms with E-state index in [0.29, 0.717) is 29.4 Å². The molecule has 1 aliphatic rings. The smallest absolute Gasteiger partial charge is 0.270 e. The van der Waals surface area contributed by atoms with Gasteiger partial charge in [0.15, 0.2) is 0 Å². The van der Waals surface area contributed by atoms with E-state index >= 15 is 0 Å². The van der Waals surface area contributed by atoms with Crippen molar-refractivity contribution in [3.63, 3.8) is 0 Å². The van der Waals surface area contributed by atoms with Crippen molar-refractivity contribution in [1.29, 1.82) is 0 Å². The number of hydrogen-bond donors (Lipinski definition) is 1. The summed E-state index contributed by atoms with van der Waals surface area (Å²) in [7, 11) is 5.24. The molecule has 0 unspecified atom stereocenters. The van der Waals surface area contributed by atoms with Gasteiger partial charge in [0, 0.05) is 50.9 Å². The van der Waals surface area contributed by atoms with E-state index in [9.17, 15) is 9.59 Å². The number of hydrogen-bond acceptors (Lipinski definition) is 5. The minimum Gasteiger partial charge on any atom is -0.347 e. The molecule has 1 aliphatic carbocycles. The molecule has 2 amide bonds. The Balaban J connectivity index is 0.00000324. The summed E-state index contributed by atoms with van der Waals surface area (Å²) in [5.41, 5.74) is 5.40. The van der Waals surface area contributed by atoms with Gasteiger partial charge in [-0.3, -0.25) is 14.3 Å². The Morgan fingerprint density at radius 1 is 1.18 bits per heavy atom. The van der Waals surface area contributed by atoms with E-state index in [-0.39, 0.29) is 24.2 Å². The standard InChI is InChI=1S/C25H30N6O2.ClH/c1-6-20-15(2)22(31(5)29-20)24(32)27-13-16-7-9-17(10-8-16)21-19(25(33)30(3)4)14-26-23(28-21)18-11-12-18;/h7-10,14,18H,6,11-13H2,1-5H3,(H,27,32);1H. The number of amides is 2. The molecule has 9 heteroatoms. The van der Waals surface area contributed by atoms with Gasteiger partial charge in [0.2, 0.25) is 0 Å². The summed E-state index contributed by atoms with van der Waals surface area (Å²) >= 11 is 0. The SMILES string of the molecule is CCc1nn(C)c(C(=O)NCc2ccc(-c3nc(C4CC4)ncc3C(=O)N(C)C)cc2)c1C.Cl. The molecule has 2 aromatic heterocycles. The van der Waals surface area contributed by atoms with Crippen LogP contribution in [0.25, 0.3) is 11.3 Å². The molecule has 0 spiro atoms. The molecule has 0 atom stereocenters. The van der Waals surface area contributed by atoms with E-state index in [4.69, 9.17) is 4.98 Å². The number of halogens is 1. The molecule has 0 radical (unpaired) electrons. The average molecular weight is 483 g/mol. The van der Waals surface area contributed by atoms with Crippen LogP contribution in [-0.2, 0) is 20.0 Å². The predicted octanol–water partition coefficient (Wildman–Crippen LogP) is 3.68. The van der Waals surface area contributed by atoms with Gasteiger partial charge in [-0.05, 0) is 31.7 Å². The fourth-order valence-corrected chi connectivity index (χ4v) is 3.94. The molecule has 8 nitrogen and oxygen atoms in total. The lowest BCUT2D eigenvalue weighted by molar-refractivity contribution is 0.0827. The van der Waals surface area contributed by atoms with Crippen molar-refractivity contribution in [2.45, 2.75) is 45.6 Å². The van der Waals surface area contributed by atoms with Crippen molar-refractivity contribution < 1.29 is 9.59 Å². The number of nitrogens with zero attached hydrogens (tertiary/aromatic N) is 5. The maximum absolute atomic E-state index is 12.7. The molecule has 4 rings (SSSR count). The summed E-state index contributed by atoms with van der Waals surface area (Å²) in [6.45, 7) is 4.35. The maximum atomic E-state index is 12.7. The van der Waals surface area contributed by atoms with E-state index in [2.05, 4.69) is 15.4 Å². The summed E-state index contributed by atoms with van der Waals surface area (Å²) in [6, 6.07) is 7.78. The fraction of sp³-hybridized carbons (Fsp3) is 0.400. The molecule has 1 aromatic carbocycles. The van der Waals surface area contributed by atoms with Crippen molar-refractivity contribution in [3.8, 4) is 11.3 Å². The van der Waals surface area contributed by atoms with Crippen molar-refractivity contribution in [2.75, 3.05) is 14.1 Å². The first-order valence-electron chi connectivity index (χ1n) is 11.3. The Morgan fingerprint density at radius 3 is 2.41 bits per heavy atom. The van der Waals surface area contributed by atoms with Gasteiger partial charge in [-0.2, -0.15) is 5.10 Å². The Bertz CT molecular complexity index is 1200. The lowest BCUT2D eigenvalue weighted by Crippen LogP contribution is -2.25. The lowest BCUT2D eigenvalue weighted by Gasteiger charge is -2.14. The second kappa shape index (κ2) is 10.3. The lowest BCUT2D eigenvalue weighted by atomic mass is 10.0. The van der Waals surface area contributed by atoms with Crippen molar-refractivity contribution >= 4 is 24.2 Å². The third-order valence-electron chi connectivity index (χ3n) is 6.00. The maximum Gasteiger partial charge on any atom is 0.270 e. The molecule has 3 aromatic rings. The van der Waals surface area contributed by atoms with Crippen LogP contribution in [0.1, 0.15) is 69.2 Å². The van der Waals surface area contributed by atoms with Gasteiger partial charge in [-0.1, -0.05) is 31.2 Å². The molecule has 1 N–H and O–H groups in total. The molecule has 1 saturated carbocycles. The van der Waals surface area contributed by atoms with Crippen molar-refractivity contribution in [2.24, 2.45) is 7.05 Å². The van der Waals surface area contributed by atoms with E-state index in [1.807, 2.05) is 38.1 Å². The summed E-state index contributed by atoms with van der Waals surface area (Å²) in [5.74, 6) is 0.928. The quantitative estimate of drug-likeness (QED) is 0.554. The number of benzene rings is 1. The zero-order valence-corrected chi connectivity index (χ0v) is 21.1. The first-order valence-corrected chi connectivity index (χ1v) is 11.3. The van der Waals surface area contributed by atoms with Crippen LogP contribution in [0.4, 0.5) is 0 Å². The monoisotopic (exact) mass is 482 g/mol. The summed E-state index contributed by atoms with van der Waals surface area (Å²) in [5, 5.41) is 7.41. The summed E-state index contributed by atoms with van der Waals surface area (Å²) < 4.78 is 1.64. The van der Waals surface area contributed by atoms with E-state index < -0.39 is 0 Å². The Morgan fingerprint density at radius 2 is 1.85 bits per heavy atom. The van der Waals surface area contributed by atoms with Crippen LogP contribution in [0.3, 0.4) is 0 Å². The summed E-state index contributed by atoms with van der Waals surface area (Å²) in [6.07, 6.45) is 4.62. The second-order valence-corrected chi connectivity index (χ2v) is 8.74. The molecule has 0 bridgehead atoms. The molecule has 0 saturated heterocycles. The summed E-state index contributed by atoms with van der Waals surface area (Å²) in [4.78, 5) is 36.1. The Hall–Kier alpha value is -3.26. The molecular formula is C25H31ClN6O2. The number of nitrogens with one attached hydrogen (secondary N) is 1. The largest absolute Gasteiger partial charge is 0.347 e. The highest BCUT2D eigenvalue weighted by Crippen LogP contribution is 2.39. The van der Waals surface area contributed by atoms with Crippen molar-refractivity contribution in [1.82, 2.24) is 30.0 Å². The van der Waals surface area contributed by atoms with Gasteiger partial charge < -0.3 is 10.2 Å². The number of aryl methyl sites for hydroxylation is 2. The average Bonchev–Trinajstić information content (AvgIpc) is 3.62. The zero-order chi connectivity index (χ0) is 23.7. The molecule has 34 heavy (non-hydrogen) atoms. The highest BCUT2D eigenvalue weighted by Gasteiger charge is 2.28. The third kappa shape index (κ3) is 5.12. The highest BCUT2D eigenvalue weighted by molar-refractivity contribution is 5.99. The molecule has 0 aliphatic heterocycles. The Labute approximate surface area is 206 Å². The highest BCUT2D eigenvalue weighted by atomic mass is 35.5. The molecular weight excluding hydrogens is 452 g/mol. The Kier molecular flexibility index (Phi) is 7.71. The normalized spacial score (nSPS) is 12.7. The minimum atomic E-state index is -0.144. The fourth-order valence-electron chi connectivity index (χ4n) is 3.94. The number of carbonyl (C=O) groups excluding carboxylic acids is 2. The first-order chi connectivity index (χ1) is 15.8. The van der Waals surface area contributed by atoms with Crippen LogP contribution in [-0.4, -0.2) is 50.6 Å². The molecule has 2 heterocycles. The van der Waals surface area contributed by atoms with Crippen LogP contribution in [0.5, 0.6) is 0 Å². The van der Waals surface area contributed by atoms with Crippen LogP contribution >= 0.6 is 12.4 Å². The molecule has 180 valence electrons. The van der Waals surface area contributed by atoms with Crippen LogP contribution in [0.15, 0.2) is 30.5 Å². The zero-order valence-electron chi connectivity index (χ0n) is 20.3. The van der Waals surface area contributed by atoms with E-state index in [1.54, 1.807) is 32.0 Å². The minimum absolute atomic E-state index is 0. The van der Waals surface area contributed by atoms with Crippen LogP contribution in [0, 0.1) is 6.92 Å². The number of aromatic nitrogens is 4. The first kappa shape index (κ1) is 25.4. The third-order valence-corrected chi connectivity index (χ3v) is 6.00. The predicted molar refractivity (Wildman–Crippen MR) is 133 cm³/mol. The topological polar surface area (TPSA) is 93.0 Å². The van der Waals surface area contributed by atoms with Gasteiger partial charge in [0.05, 0.1) is 17.0 Å². The molecule has 1 fully saturated rings. The van der Waals surface area contributed by atoms with E-state index in [1.165, 1.54) is 4.90 Å². The van der Waals surface area contributed by atoms with Gasteiger partial charge in [0.1, 0.15) is 11.5 Å². The van der Waals surface area contributed by atoms with Gasteiger partial charge in [0.25, 0.3) is 11.8 Å². The van der Waals surface area contributed by atoms with Crippen LogP contribution < -0.4 is 5.32 Å². The van der Waals surface area contributed by atoms with Crippen molar-refractivity contribution in [3.05, 3.63) is 64.4 Å². The number of rotatable bonds is 7. The second-order valence-electron chi connectivity index (χ2n) is 8.74. The number of carbonyl (C=O) groups is 2. The van der Waals surface area contributed by atoms with Gasteiger partial charge in [-0.15, -0.1) is 12.4 Å².